The number of aromatic nitrogens is 3. The van der Waals surface area contributed by atoms with Crippen molar-refractivity contribution in [3.8, 4) is 11.3 Å². The average Bonchev–Trinajstić information content (AvgIpc) is 3.70. The molecule has 15 heteroatoms. The van der Waals surface area contributed by atoms with Crippen LogP contribution in [-0.2, 0) is 36.7 Å². The van der Waals surface area contributed by atoms with Gasteiger partial charge in [-0.05, 0) is 74.7 Å². The van der Waals surface area contributed by atoms with E-state index >= 15 is 0 Å². The van der Waals surface area contributed by atoms with Crippen LogP contribution in [0, 0.1) is 0 Å². The van der Waals surface area contributed by atoms with Crippen LogP contribution >= 0.6 is 0 Å². The molecule has 2 aromatic heterocycles. The largest absolute Gasteiger partial charge is 0.444 e. The van der Waals surface area contributed by atoms with E-state index in [1.165, 1.54) is 0 Å². The summed E-state index contributed by atoms with van der Waals surface area (Å²) in [6.45, 7) is 17.7. The molecule has 1 amide bonds. The molecule has 53 heavy (non-hydrogen) atoms. The molecule has 0 spiro atoms. The lowest BCUT2D eigenvalue weighted by Crippen LogP contribution is -2.40. The highest BCUT2D eigenvalue weighted by Gasteiger charge is 2.27. The van der Waals surface area contributed by atoms with Gasteiger partial charge in [-0.3, -0.25) is 4.72 Å². The molecule has 0 bridgehead atoms. The highest BCUT2D eigenvalue weighted by atomic mass is 32.2. The van der Waals surface area contributed by atoms with Gasteiger partial charge in [0.2, 0.25) is 10.0 Å². The Morgan fingerprint density at radius 2 is 1.75 bits per heavy atom. The Bertz CT molecular complexity index is 1990. The number of anilines is 3. The zero-order valence-electron chi connectivity index (χ0n) is 31.7. The number of alkyl carbamates (subject to hydrolysis) is 1. The average molecular weight is 764 g/mol. The molecule has 0 radical (unpaired) electrons. The number of carbonyl (C=O) groups excluding carboxylic acids is 1. The SMILES string of the molecule is CC(C)(C)OC(=O)N[C@H]1CCN(c2cccc(CS(=O)(=O)Nc3ccc(-c4cc5c(N6CCOCC6)ncnc5n4COCC[Si](C)(C)C)cc3)c2)C1. The Morgan fingerprint density at radius 1 is 1.00 bits per heavy atom. The number of carbonyl (C=O) groups is 1. The number of fused-ring (bicyclic) bond motifs is 1. The van der Waals surface area contributed by atoms with Gasteiger partial charge in [-0.25, -0.2) is 23.2 Å². The quantitative estimate of drug-likeness (QED) is 0.118. The van der Waals surface area contributed by atoms with Crippen LogP contribution in [0.3, 0.4) is 0 Å². The summed E-state index contributed by atoms with van der Waals surface area (Å²) < 4.78 is 48.8. The number of amides is 1. The normalized spacial score (nSPS) is 17.0. The van der Waals surface area contributed by atoms with E-state index in [2.05, 4.69) is 60.1 Å². The first-order valence-corrected chi connectivity index (χ1v) is 23.7. The minimum Gasteiger partial charge on any atom is -0.444 e. The second-order valence-corrected chi connectivity index (χ2v) is 23.4. The standard InChI is InChI=1S/C38H53N7O6SSi/c1-38(2,3)51-37(46)41-31-14-15-44(24-31)32-9-7-8-28(22-32)25-52(47,48)42-30-12-10-29(11-13-30)34-23-33-35(43-16-18-49-19-17-43)39-26-40-36(33)45(34)27-50-20-21-53(4,5)6/h7-13,22-23,26,31,42H,14-21,24-25,27H2,1-6H3,(H,41,46)/t31-/m0/s1. The third-order valence-electron chi connectivity index (χ3n) is 9.19. The number of benzene rings is 2. The Kier molecular flexibility index (Phi) is 11.7. The molecule has 2 aliphatic heterocycles. The van der Waals surface area contributed by atoms with E-state index in [0.717, 1.165) is 65.9 Å². The zero-order chi connectivity index (χ0) is 37.8. The molecule has 2 saturated heterocycles. The molecule has 4 heterocycles. The molecular formula is C38H53N7O6SSi. The van der Waals surface area contributed by atoms with Crippen molar-refractivity contribution in [1.29, 1.82) is 0 Å². The van der Waals surface area contributed by atoms with E-state index in [-0.39, 0.29) is 11.8 Å². The van der Waals surface area contributed by atoms with Crippen LogP contribution in [0.5, 0.6) is 0 Å². The fourth-order valence-electron chi connectivity index (χ4n) is 6.56. The maximum atomic E-state index is 13.4. The Labute approximate surface area is 314 Å². The first-order valence-electron chi connectivity index (χ1n) is 18.3. The minimum atomic E-state index is -3.72. The van der Waals surface area contributed by atoms with E-state index in [9.17, 15) is 13.2 Å². The topological polar surface area (TPSA) is 140 Å². The lowest BCUT2D eigenvalue weighted by molar-refractivity contribution is 0.0509. The first kappa shape index (κ1) is 38.5. The summed E-state index contributed by atoms with van der Waals surface area (Å²) in [5.41, 5.74) is 4.11. The summed E-state index contributed by atoms with van der Waals surface area (Å²) >= 11 is 0. The number of morpholine rings is 1. The molecule has 1 atom stereocenters. The van der Waals surface area contributed by atoms with Crippen molar-refractivity contribution >= 4 is 52.4 Å². The van der Waals surface area contributed by atoms with E-state index in [4.69, 9.17) is 14.2 Å². The molecule has 6 rings (SSSR count). The monoisotopic (exact) mass is 763 g/mol. The summed E-state index contributed by atoms with van der Waals surface area (Å²) in [4.78, 5) is 26.0. The van der Waals surface area contributed by atoms with Crippen LogP contribution in [-0.4, -0.2) is 94.8 Å². The van der Waals surface area contributed by atoms with Crippen molar-refractivity contribution in [2.45, 2.75) is 77.0 Å². The second-order valence-electron chi connectivity index (χ2n) is 16.0. The molecule has 2 fully saturated rings. The Hall–Kier alpha value is -4.18. The maximum Gasteiger partial charge on any atom is 0.407 e. The number of hydrogen-bond acceptors (Lipinski definition) is 10. The zero-order valence-corrected chi connectivity index (χ0v) is 33.5. The van der Waals surface area contributed by atoms with Crippen LogP contribution in [0.4, 0.5) is 22.0 Å². The van der Waals surface area contributed by atoms with Gasteiger partial charge >= 0.3 is 6.09 Å². The highest BCUT2D eigenvalue weighted by Crippen LogP contribution is 2.33. The van der Waals surface area contributed by atoms with Gasteiger partial charge in [-0.1, -0.05) is 43.9 Å². The molecule has 286 valence electrons. The van der Waals surface area contributed by atoms with Crippen molar-refractivity contribution in [2.24, 2.45) is 0 Å². The van der Waals surface area contributed by atoms with E-state index in [1.807, 2.05) is 57.2 Å². The third-order valence-corrected chi connectivity index (χ3v) is 12.2. The van der Waals surface area contributed by atoms with Gasteiger partial charge < -0.3 is 33.9 Å². The van der Waals surface area contributed by atoms with Gasteiger partial charge in [-0.15, -0.1) is 0 Å². The molecule has 0 aliphatic carbocycles. The van der Waals surface area contributed by atoms with Crippen LogP contribution in [0.1, 0.15) is 32.8 Å². The lowest BCUT2D eigenvalue weighted by Gasteiger charge is -2.28. The predicted molar refractivity (Wildman–Crippen MR) is 213 cm³/mol. The van der Waals surface area contributed by atoms with E-state index in [0.29, 0.717) is 44.3 Å². The van der Waals surface area contributed by atoms with Crippen LogP contribution in [0.2, 0.25) is 25.7 Å². The third kappa shape index (κ3) is 10.5. The van der Waals surface area contributed by atoms with Crippen molar-refractivity contribution in [3.63, 3.8) is 0 Å². The van der Waals surface area contributed by atoms with Gasteiger partial charge in [0.15, 0.2) is 0 Å². The van der Waals surface area contributed by atoms with Crippen LogP contribution in [0.25, 0.3) is 22.3 Å². The number of nitrogens with zero attached hydrogens (tertiary/aromatic N) is 5. The Balaban J connectivity index is 1.14. The van der Waals surface area contributed by atoms with Gasteiger partial charge in [0, 0.05) is 52.2 Å². The van der Waals surface area contributed by atoms with Crippen molar-refractivity contribution < 1.29 is 27.4 Å². The van der Waals surface area contributed by atoms with Gasteiger partial charge in [-0.2, -0.15) is 0 Å². The summed E-state index contributed by atoms with van der Waals surface area (Å²) in [5.74, 6) is 0.693. The molecule has 4 aromatic rings. The van der Waals surface area contributed by atoms with Crippen LogP contribution in [0.15, 0.2) is 60.9 Å². The van der Waals surface area contributed by atoms with Gasteiger partial charge in [0.05, 0.1) is 36.1 Å². The minimum absolute atomic E-state index is 0.0506. The number of ether oxygens (including phenoxy) is 3. The molecule has 0 unspecified atom stereocenters. The first-order chi connectivity index (χ1) is 25.1. The van der Waals surface area contributed by atoms with Crippen molar-refractivity contribution in [1.82, 2.24) is 19.9 Å². The fraction of sp³-hybridized carbons (Fsp3) is 0.500. The molecule has 2 aromatic carbocycles. The fourth-order valence-corrected chi connectivity index (χ4v) is 8.50. The van der Waals surface area contributed by atoms with Crippen molar-refractivity contribution in [3.05, 3.63) is 66.5 Å². The predicted octanol–water partition coefficient (Wildman–Crippen LogP) is 6.29. The number of hydrogen-bond donors (Lipinski definition) is 2. The molecule has 0 saturated carbocycles. The van der Waals surface area contributed by atoms with Crippen LogP contribution < -0.4 is 19.8 Å². The van der Waals surface area contributed by atoms with Gasteiger partial charge in [0.25, 0.3) is 0 Å². The number of rotatable bonds is 13. The number of nitrogens with one attached hydrogen (secondary N) is 2. The molecule has 2 N–H and O–H groups in total. The smallest absolute Gasteiger partial charge is 0.407 e. The van der Waals surface area contributed by atoms with Gasteiger partial charge in [0.1, 0.15) is 30.1 Å². The maximum absolute atomic E-state index is 13.4. The molecule has 2 aliphatic rings. The second kappa shape index (κ2) is 16.0. The van der Waals surface area contributed by atoms with Crippen molar-refractivity contribution in [2.75, 3.05) is 60.5 Å². The summed E-state index contributed by atoms with van der Waals surface area (Å²) in [6, 6.07) is 18.1. The molecule has 13 nitrogen and oxygen atoms in total. The highest BCUT2D eigenvalue weighted by molar-refractivity contribution is 7.91. The van der Waals surface area contributed by atoms with E-state index < -0.39 is 29.8 Å². The summed E-state index contributed by atoms with van der Waals surface area (Å²) in [5, 5.41) is 3.88. The lowest BCUT2D eigenvalue weighted by atomic mass is 10.1. The summed E-state index contributed by atoms with van der Waals surface area (Å²) in [6.07, 6.45) is 1.95. The van der Waals surface area contributed by atoms with E-state index in [1.54, 1.807) is 18.5 Å². The number of sulfonamides is 1. The molecular weight excluding hydrogens is 711 g/mol. The Morgan fingerprint density at radius 3 is 2.47 bits per heavy atom. The summed E-state index contributed by atoms with van der Waals surface area (Å²) in [7, 11) is -4.99.